The molecule has 1 aromatic heterocycles. The average Bonchev–Trinajstić information content (AvgIpc) is 3.36. The number of halogens is 1. The van der Waals surface area contributed by atoms with E-state index in [0.717, 1.165) is 53.9 Å². The monoisotopic (exact) mass is 634 g/mol. The minimum absolute atomic E-state index is 0.0146. The Bertz CT molecular complexity index is 1570. The molecule has 2 bridgehead atoms. The molecule has 252 valence electrons. The average molecular weight is 635 g/mol. The third-order valence-corrected chi connectivity index (χ3v) is 14.8. The molecule has 0 N–H and O–H groups in total. The number of nitrogens with zero attached hydrogens (tertiary/aromatic N) is 2. The molecule has 4 saturated carbocycles. The molecule has 7 heteroatoms. The Kier molecular flexibility index (Phi) is 8.19. The highest BCUT2D eigenvalue weighted by atomic mass is 19.1. The molecular formula is C39H55FN2O4. The van der Waals surface area contributed by atoms with Gasteiger partial charge in [-0.3, -0.25) is 14.4 Å². The van der Waals surface area contributed by atoms with Crippen molar-refractivity contribution in [2.45, 2.75) is 137 Å². The fraction of sp³-hybridized carbons (Fsp3) is 0.795. The largest absolute Gasteiger partial charge is 0.345 e. The minimum Gasteiger partial charge on any atom is -0.274 e. The first-order valence-corrected chi connectivity index (χ1v) is 18.7. The molecule has 0 radical (unpaired) electrons. The van der Waals surface area contributed by atoms with E-state index in [1.165, 1.54) is 50.5 Å². The van der Waals surface area contributed by atoms with Crippen LogP contribution in [0.4, 0.5) is 4.39 Å². The molecular weight excluding hydrogens is 579 g/mol. The Morgan fingerprint density at radius 2 is 1.54 bits per heavy atom. The SMILES string of the molecule is CC(C)CCC[C@@H](C)[C@H]1CCC2C3CC=C4CC(c5c(F)c(=O)n6c(=O)n5C(=O)C5CCCCC5C6=O)CC[C@]4(C)C3CC[C@@]21C. The molecule has 2 heterocycles. The molecule has 1 aromatic rings. The number of carbonyl (C=O) groups excluding carboxylic acids is 2. The van der Waals surface area contributed by atoms with E-state index < -0.39 is 46.6 Å². The van der Waals surface area contributed by atoms with Gasteiger partial charge in [-0.2, -0.15) is 8.96 Å². The predicted octanol–water partition coefficient (Wildman–Crippen LogP) is 8.37. The highest BCUT2D eigenvalue weighted by Gasteiger charge is 2.59. The molecule has 0 aromatic carbocycles. The molecule has 10 atom stereocenters. The Hall–Kier alpha value is -2.31. The molecule has 6 unspecified atom stereocenters. The summed E-state index contributed by atoms with van der Waals surface area (Å²) in [5.74, 6) is 0.236. The predicted molar refractivity (Wildman–Crippen MR) is 177 cm³/mol. The summed E-state index contributed by atoms with van der Waals surface area (Å²) in [6.45, 7) is 12.2. The summed E-state index contributed by atoms with van der Waals surface area (Å²) in [5, 5.41) is 0. The summed E-state index contributed by atoms with van der Waals surface area (Å²) >= 11 is 0. The maximum Gasteiger partial charge on any atom is 0.345 e. The third-order valence-electron chi connectivity index (χ3n) is 14.8. The van der Waals surface area contributed by atoms with Crippen LogP contribution in [0.5, 0.6) is 0 Å². The van der Waals surface area contributed by atoms with Crippen molar-refractivity contribution in [2.24, 2.45) is 58.2 Å². The number of hydrogen-bond acceptors (Lipinski definition) is 4. The highest BCUT2D eigenvalue weighted by molar-refractivity contribution is 5.92. The van der Waals surface area contributed by atoms with Gasteiger partial charge >= 0.3 is 5.69 Å². The van der Waals surface area contributed by atoms with Gasteiger partial charge in [-0.15, -0.1) is 0 Å². The second-order valence-electron chi connectivity index (χ2n) is 17.4. The first-order valence-electron chi connectivity index (χ1n) is 18.7. The van der Waals surface area contributed by atoms with Crippen LogP contribution in [0.3, 0.4) is 0 Å². The van der Waals surface area contributed by atoms with Gasteiger partial charge in [0.25, 0.3) is 5.56 Å². The Balaban J connectivity index is 1.16. The van der Waals surface area contributed by atoms with Gasteiger partial charge in [0, 0.05) is 5.92 Å². The van der Waals surface area contributed by atoms with Crippen molar-refractivity contribution in [3.05, 3.63) is 44.0 Å². The Morgan fingerprint density at radius 3 is 2.24 bits per heavy atom. The Morgan fingerprint density at radius 1 is 0.848 bits per heavy atom. The number of allylic oxidation sites excluding steroid dienone is 2. The summed E-state index contributed by atoms with van der Waals surface area (Å²) in [6.07, 6.45) is 17.2. The minimum atomic E-state index is -1.17. The van der Waals surface area contributed by atoms with E-state index in [0.29, 0.717) is 47.5 Å². The second kappa shape index (κ2) is 11.7. The van der Waals surface area contributed by atoms with Crippen molar-refractivity contribution < 1.29 is 14.0 Å². The summed E-state index contributed by atoms with van der Waals surface area (Å²) < 4.78 is 17.5. The van der Waals surface area contributed by atoms with Crippen LogP contribution in [0.1, 0.15) is 152 Å². The van der Waals surface area contributed by atoms with Gasteiger partial charge < -0.3 is 0 Å². The van der Waals surface area contributed by atoms with Crippen LogP contribution >= 0.6 is 0 Å². The van der Waals surface area contributed by atoms with Gasteiger partial charge in [-0.05, 0) is 111 Å². The van der Waals surface area contributed by atoms with Crippen LogP contribution in [0.25, 0.3) is 0 Å². The zero-order valence-electron chi connectivity index (χ0n) is 28.8. The third kappa shape index (κ3) is 4.74. The second-order valence-corrected chi connectivity index (χ2v) is 17.4. The van der Waals surface area contributed by atoms with Crippen LogP contribution in [0.15, 0.2) is 21.2 Å². The van der Waals surface area contributed by atoms with Crippen molar-refractivity contribution in [2.75, 3.05) is 0 Å². The molecule has 0 spiro atoms. The normalized spacial score (nSPS) is 39.2. The molecule has 5 aliphatic carbocycles. The van der Waals surface area contributed by atoms with Crippen LogP contribution < -0.4 is 11.2 Å². The smallest absolute Gasteiger partial charge is 0.274 e. The summed E-state index contributed by atoms with van der Waals surface area (Å²) in [4.78, 5) is 54.0. The summed E-state index contributed by atoms with van der Waals surface area (Å²) in [5.41, 5.74) is -0.463. The number of aromatic nitrogens is 2. The van der Waals surface area contributed by atoms with Crippen molar-refractivity contribution in [1.82, 2.24) is 9.13 Å². The molecule has 6 nitrogen and oxygen atoms in total. The van der Waals surface area contributed by atoms with E-state index in [2.05, 4.69) is 40.7 Å². The van der Waals surface area contributed by atoms with Crippen molar-refractivity contribution in [3.8, 4) is 0 Å². The molecule has 4 fully saturated rings. The van der Waals surface area contributed by atoms with E-state index in [1.54, 1.807) is 0 Å². The maximum atomic E-state index is 16.1. The van der Waals surface area contributed by atoms with Crippen molar-refractivity contribution in [1.29, 1.82) is 0 Å². The lowest BCUT2D eigenvalue weighted by Gasteiger charge is -2.58. The number of fused-ring (bicyclic) bond motifs is 8. The quantitative estimate of drug-likeness (QED) is 0.295. The number of carbonyl (C=O) groups is 2. The van der Waals surface area contributed by atoms with Gasteiger partial charge in [-0.1, -0.05) is 78.4 Å². The van der Waals surface area contributed by atoms with Crippen LogP contribution in [0, 0.1) is 64.0 Å². The van der Waals surface area contributed by atoms with Crippen LogP contribution in [-0.2, 0) is 0 Å². The number of rotatable bonds is 6. The van der Waals surface area contributed by atoms with Gasteiger partial charge in [0.05, 0.1) is 17.5 Å². The standard InChI is InChI=1S/C39H55FN2O4/c1-22(2)9-8-10-23(3)29-15-16-30-28-14-13-25-21-24(17-19-38(25,4)31(28)18-20-39(29,30)5)33-32(40)36(45)42-35(44)27-12-7-6-11-26(27)34(43)41(33)37(42)46/h13,22-24,26-31H,6-12,14-21H2,1-5H3/t23-,24?,26?,27?,28?,29-,30?,31?,38+,39-/m1/s1. The summed E-state index contributed by atoms with van der Waals surface area (Å²) in [7, 11) is 0. The van der Waals surface area contributed by atoms with Crippen LogP contribution in [0.2, 0.25) is 0 Å². The van der Waals surface area contributed by atoms with E-state index >= 15 is 4.39 Å². The lowest BCUT2D eigenvalue weighted by Crippen LogP contribution is -2.51. The van der Waals surface area contributed by atoms with E-state index in [-0.39, 0.29) is 11.1 Å². The Labute approximate surface area is 273 Å². The fourth-order valence-electron chi connectivity index (χ4n) is 12.3. The van der Waals surface area contributed by atoms with E-state index in [9.17, 15) is 19.2 Å². The van der Waals surface area contributed by atoms with E-state index in [1.807, 2.05) is 0 Å². The molecule has 0 amide bonds. The van der Waals surface area contributed by atoms with Gasteiger partial charge in [0.15, 0.2) is 0 Å². The van der Waals surface area contributed by atoms with Gasteiger partial charge in [0.1, 0.15) is 0 Å². The number of hydrogen-bond donors (Lipinski definition) is 0. The summed E-state index contributed by atoms with van der Waals surface area (Å²) in [6, 6.07) is 0. The molecule has 6 aliphatic rings. The topological polar surface area (TPSA) is 78.1 Å². The molecule has 0 saturated heterocycles. The zero-order valence-corrected chi connectivity index (χ0v) is 28.8. The van der Waals surface area contributed by atoms with Crippen molar-refractivity contribution >= 4 is 11.8 Å². The maximum absolute atomic E-state index is 16.1. The van der Waals surface area contributed by atoms with Crippen LogP contribution in [-0.4, -0.2) is 20.9 Å². The molecule has 46 heavy (non-hydrogen) atoms. The van der Waals surface area contributed by atoms with Gasteiger partial charge in [0.2, 0.25) is 17.6 Å². The highest BCUT2D eigenvalue weighted by Crippen LogP contribution is 2.68. The lowest BCUT2D eigenvalue weighted by atomic mass is 9.46. The van der Waals surface area contributed by atoms with Crippen molar-refractivity contribution in [3.63, 3.8) is 0 Å². The zero-order chi connectivity index (χ0) is 32.7. The first kappa shape index (κ1) is 32.2. The molecule has 7 rings (SSSR count). The lowest BCUT2D eigenvalue weighted by molar-refractivity contribution is -0.0511. The fourth-order valence-corrected chi connectivity index (χ4v) is 12.3. The van der Waals surface area contributed by atoms with Gasteiger partial charge in [-0.25, -0.2) is 9.36 Å². The van der Waals surface area contributed by atoms with E-state index in [4.69, 9.17) is 0 Å². The first-order chi connectivity index (χ1) is 21.9. The molecule has 1 aliphatic heterocycles.